The van der Waals surface area contributed by atoms with Crippen LogP contribution in [0.3, 0.4) is 0 Å². The fourth-order valence-corrected chi connectivity index (χ4v) is 4.51. The minimum absolute atomic E-state index is 0.116. The van der Waals surface area contributed by atoms with Crippen LogP contribution < -0.4 is 4.74 Å². The van der Waals surface area contributed by atoms with Crippen molar-refractivity contribution in [1.29, 1.82) is 0 Å². The molecule has 0 unspecified atom stereocenters. The normalized spacial score (nSPS) is 11.8. The largest absolute Gasteiger partial charge is 0.486 e. The third kappa shape index (κ3) is 4.62. The number of carboxylic acids is 1. The van der Waals surface area contributed by atoms with Crippen molar-refractivity contribution in [3.05, 3.63) is 71.0 Å². The maximum Gasteiger partial charge on any atom is 0.416 e. The standard InChI is InChI=1S/C23H19F3N2O3S/c1-2-18-22(14-3-5-16(6-4-14)23(24,25)26)32-20(27-18)13-31-17-7-8-19-15(11-17)9-10-28(19)12-21(29)30/h3-11H,2,12-13H2,1H3,(H,29,30). The first-order chi connectivity index (χ1) is 15.2. The number of ether oxygens (including phenoxy) is 1. The van der Waals surface area contributed by atoms with Gasteiger partial charge in [-0.05, 0) is 48.4 Å². The first-order valence-electron chi connectivity index (χ1n) is 9.84. The number of aryl methyl sites for hydroxylation is 1. The van der Waals surface area contributed by atoms with Crippen molar-refractivity contribution in [1.82, 2.24) is 9.55 Å². The maximum atomic E-state index is 12.8. The van der Waals surface area contributed by atoms with Gasteiger partial charge >= 0.3 is 12.1 Å². The summed E-state index contributed by atoms with van der Waals surface area (Å²) in [5.41, 5.74) is 1.63. The van der Waals surface area contributed by atoms with E-state index in [4.69, 9.17) is 9.84 Å². The van der Waals surface area contributed by atoms with E-state index in [1.807, 2.05) is 19.1 Å². The zero-order valence-electron chi connectivity index (χ0n) is 17.0. The van der Waals surface area contributed by atoms with E-state index < -0.39 is 17.7 Å². The highest BCUT2D eigenvalue weighted by Crippen LogP contribution is 2.35. The molecule has 0 atom stereocenters. The molecular weight excluding hydrogens is 441 g/mol. The molecule has 1 N–H and O–H groups in total. The van der Waals surface area contributed by atoms with E-state index in [2.05, 4.69) is 4.98 Å². The number of carboxylic acid groups (broad SMARTS) is 1. The lowest BCUT2D eigenvalue weighted by molar-refractivity contribution is -0.138. The van der Waals surface area contributed by atoms with Gasteiger partial charge in [0.15, 0.2) is 0 Å². The summed E-state index contributed by atoms with van der Waals surface area (Å²) in [7, 11) is 0. The van der Waals surface area contributed by atoms with Gasteiger partial charge in [0.2, 0.25) is 0 Å². The molecule has 9 heteroatoms. The second kappa shape index (κ2) is 8.66. The summed E-state index contributed by atoms with van der Waals surface area (Å²) in [6, 6.07) is 12.3. The zero-order chi connectivity index (χ0) is 22.9. The lowest BCUT2D eigenvalue weighted by Gasteiger charge is -2.07. The average molecular weight is 460 g/mol. The molecule has 0 aliphatic carbocycles. The van der Waals surface area contributed by atoms with Gasteiger partial charge in [-0.25, -0.2) is 4.98 Å². The van der Waals surface area contributed by atoms with E-state index in [9.17, 15) is 18.0 Å². The Hall–Kier alpha value is -3.33. The number of hydrogen-bond donors (Lipinski definition) is 1. The molecule has 0 radical (unpaired) electrons. The van der Waals surface area contributed by atoms with Gasteiger partial charge in [0, 0.05) is 17.1 Å². The summed E-state index contributed by atoms with van der Waals surface area (Å²) < 4.78 is 46.0. The SMILES string of the molecule is CCc1nc(COc2ccc3c(ccn3CC(=O)O)c2)sc1-c1ccc(C(F)(F)F)cc1. The molecule has 0 saturated heterocycles. The summed E-state index contributed by atoms with van der Waals surface area (Å²) in [5.74, 6) is -0.294. The van der Waals surface area contributed by atoms with Crippen molar-refractivity contribution in [2.75, 3.05) is 0 Å². The Morgan fingerprint density at radius 2 is 1.91 bits per heavy atom. The molecule has 2 aromatic heterocycles. The highest BCUT2D eigenvalue weighted by atomic mass is 32.1. The molecule has 32 heavy (non-hydrogen) atoms. The van der Waals surface area contributed by atoms with Crippen molar-refractivity contribution in [2.24, 2.45) is 0 Å². The molecule has 0 bridgehead atoms. The molecule has 0 aliphatic heterocycles. The Morgan fingerprint density at radius 1 is 1.16 bits per heavy atom. The Balaban J connectivity index is 1.51. The monoisotopic (exact) mass is 460 g/mol. The summed E-state index contributed by atoms with van der Waals surface area (Å²) in [6.07, 6.45) is -2.00. The van der Waals surface area contributed by atoms with Crippen molar-refractivity contribution in [2.45, 2.75) is 32.7 Å². The number of halogens is 3. The number of nitrogens with zero attached hydrogens (tertiary/aromatic N) is 2. The number of fused-ring (bicyclic) bond motifs is 1. The van der Waals surface area contributed by atoms with Crippen LogP contribution in [0.5, 0.6) is 5.75 Å². The first-order valence-corrected chi connectivity index (χ1v) is 10.7. The van der Waals surface area contributed by atoms with Crippen LogP contribution in [0.1, 0.15) is 23.2 Å². The fourth-order valence-electron chi connectivity index (χ4n) is 3.44. The van der Waals surface area contributed by atoms with Gasteiger partial charge in [-0.3, -0.25) is 4.79 Å². The van der Waals surface area contributed by atoms with Gasteiger partial charge in [0.25, 0.3) is 0 Å². The molecule has 5 nitrogen and oxygen atoms in total. The van der Waals surface area contributed by atoms with Gasteiger partial charge in [0.05, 0.1) is 16.1 Å². The second-order valence-corrected chi connectivity index (χ2v) is 8.24. The van der Waals surface area contributed by atoms with Crippen molar-refractivity contribution in [3.8, 4) is 16.2 Å². The fraction of sp³-hybridized carbons (Fsp3) is 0.217. The highest BCUT2D eigenvalue weighted by molar-refractivity contribution is 7.15. The smallest absolute Gasteiger partial charge is 0.416 e. The van der Waals surface area contributed by atoms with E-state index in [0.29, 0.717) is 17.7 Å². The molecule has 0 saturated carbocycles. The zero-order valence-corrected chi connectivity index (χ0v) is 17.8. The predicted molar refractivity (Wildman–Crippen MR) is 116 cm³/mol. The Kier molecular flexibility index (Phi) is 5.92. The summed E-state index contributed by atoms with van der Waals surface area (Å²) in [6.45, 7) is 2.05. The lowest BCUT2D eigenvalue weighted by atomic mass is 10.1. The minimum atomic E-state index is -4.37. The molecule has 2 heterocycles. The molecule has 4 rings (SSSR count). The number of carbonyl (C=O) groups is 1. The number of aromatic nitrogens is 2. The number of aliphatic carboxylic acids is 1. The van der Waals surface area contributed by atoms with Gasteiger partial charge in [0.1, 0.15) is 23.9 Å². The van der Waals surface area contributed by atoms with E-state index >= 15 is 0 Å². The molecule has 166 valence electrons. The second-order valence-electron chi connectivity index (χ2n) is 7.16. The Morgan fingerprint density at radius 3 is 2.56 bits per heavy atom. The third-order valence-corrected chi connectivity index (χ3v) is 6.08. The van der Waals surface area contributed by atoms with Crippen LogP contribution >= 0.6 is 11.3 Å². The third-order valence-electron chi connectivity index (χ3n) is 4.96. The van der Waals surface area contributed by atoms with Gasteiger partial charge < -0.3 is 14.4 Å². The quantitative estimate of drug-likeness (QED) is 0.367. The van der Waals surface area contributed by atoms with Gasteiger partial charge in [-0.15, -0.1) is 11.3 Å². The minimum Gasteiger partial charge on any atom is -0.486 e. The number of benzene rings is 2. The van der Waals surface area contributed by atoms with E-state index in [1.54, 1.807) is 22.9 Å². The molecule has 2 aromatic carbocycles. The highest BCUT2D eigenvalue weighted by Gasteiger charge is 2.30. The molecule has 0 spiro atoms. The Bertz CT molecular complexity index is 1260. The maximum absolute atomic E-state index is 12.8. The number of rotatable bonds is 7. The van der Waals surface area contributed by atoms with Gasteiger partial charge in [-0.1, -0.05) is 19.1 Å². The predicted octanol–water partition coefficient (Wildman–Crippen LogP) is 6.01. The van der Waals surface area contributed by atoms with Crippen LogP contribution in [-0.4, -0.2) is 20.6 Å². The summed E-state index contributed by atoms with van der Waals surface area (Å²) >= 11 is 1.40. The van der Waals surface area contributed by atoms with Crippen LogP contribution in [0.25, 0.3) is 21.3 Å². The van der Waals surface area contributed by atoms with Crippen LogP contribution in [-0.2, 0) is 30.5 Å². The Labute approximate surface area is 185 Å². The van der Waals surface area contributed by atoms with E-state index in [-0.39, 0.29) is 13.2 Å². The average Bonchev–Trinajstić information content (AvgIpc) is 3.35. The molecule has 0 amide bonds. The summed E-state index contributed by atoms with van der Waals surface area (Å²) in [4.78, 5) is 16.4. The van der Waals surface area contributed by atoms with Gasteiger partial charge in [-0.2, -0.15) is 13.2 Å². The number of hydrogen-bond acceptors (Lipinski definition) is 4. The first kappa shape index (κ1) is 21.9. The van der Waals surface area contributed by atoms with Crippen molar-refractivity contribution >= 4 is 28.2 Å². The van der Waals surface area contributed by atoms with Crippen molar-refractivity contribution in [3.63, 3.8) is 0 Å². The molecule has 0 aliphatic rings. The van der Waals surface area contributed by atoms with Crippen molar-refractivity contribution < 1.29 is 27.8 Å². The molecule has 0 fully saturated rings. The molecular formula is C23H19F3N2O3S. The van der Waals surface area contributed by atoms with Crippen LogP contribution in [0, 0.1) is 0 Å². The summed E-state index contributed by atoms with van der Waals surface area (Å²) in [5, 5.41) is 10.6. The molecule has 4 aromatic rings. The van der Waals surface area contributed by atoms with E-state index in [1.165, 1.54) is 23.5 Å². The topological polar surface area (TPSA) is 64.4 Å². The van der Waals surface area contributed by atoms with Crippen LogP contribution in [0.4, 0.5) is 13.2 Å². The van der Waals surface area contributed by atoms with Crippen LogP contribution in [0.2, 0.25) is 0 Å². The van der Waals surface area contributed by atoms with E-state index in [0.717, 1.165) is 38.6 Å². The number of alkyl halides is 3. The van der Waals surface area contributed by atoms with Crippen LogP contribution in [0.15, 0.2) is 54.7 Å². The number of thiazole rings is 1. The lowest BCUT2D eigenvalue weighted by Crippen LogP contribution is -2.07.